The number of rotatable bonds is 6. The quantitative estimate of drug-likeness (QED) is 0.844. The molecule has 2 N–H and O–H groups in total. The fraction of sp³-hybridized carbons (Fsp3) is 0.562. The number of hydrogen-bond acceptors (Lipinski definition) is 3. The van der Waals surface area contributed by atoms with Crippen molar-refractivity contribution in [1.82, 2.24) is 10.2 Å². The van der Waals surface area contributed by atoms with Gasteiger partial charge in [0.05, 0.1) is 12.6 Å². The first kappa shape index (κ1) is 17.1. The lowest BCUT2D eigenvalue weighted by Crippen LogP contribution is -2.47. The third-order valence-electron chi connectivity index (χ3n) is 3.75. The van der Waals surface area contributed by atoms with E-state index in [1.807, 2.05) is 31.2 Å². The minimum absolute atomic E-state index is 0.0325. The van der Waals surface area contributed by atoms with Crippen LogP contribution in [-0.4, -0.2) is 48.4 Å². The molecule has 1 fully saturated rings. The van der Waals surface area contributed by atoms with Crippen LogP contribution in [0.4, 0.5) is 4.79 Å². The van der Waals surface area contributed by atoms with Crippen LogP contribution in [0.1, 0.15) is 31.4 Å². The summed E-state index contributed by atoms with van der Waals surface area (Å²) in [6.45, 7) is 3.57. The lowest BCUT2D eigenvalue weighted by Gasteiger charge is -2.26. The van der Waals surface area contributed by atoms with E-state index in [1.165, 1.54) is 0 Å². The number of aliphatic hydroxyl groups is 1. The summed E-state index contributed by atoms with van der Waals surface area (Å²) in [4.78, 5) is 14.0. The summed E-state index contributed by atoms with van der Waals surface area (Å²) < 4.78 is 5.77. The summed E-state index contributed by atoms with van der Waals surface area (Å²) in [5, 5.41) is 12.8. The van der Waals surface area contributed by atoms with E-state index in [0.29, 0.717) is 24.7 Å². The van der Waals surface area contributed by atoms with Gasteiger partial charge >= 0.3 is 6.03 Å². The van der Waals surface area contributed by atoms with Gasteiger partial charge in [0, 0.05) is 24.7 Å². The Morgan fingerprint density at radius 3 is 2.77 bits per heavy atom. The lowest BCUT2D eigenvalue weighted by atomic mass is 10.0. The van der Waals surface area contributed by atoms with Crippen molar-refractivity contribution in [2.45, 2.75) is 31.9 Å². The van der Waals surface area contributed by atoms with Crippen LogP contribution in [0.5, 0.6) is 0 Å². The summed E-state index contributed by atoms with van der Waals surface area (Å²) in [6, 6.07) is 7.29. The Labute approximate surface area is 136 Å². The van der Waals surface area contributed by atoms with Crippen LogP contribution in [-0.2, 0) is 4.74 Å². The Morgan fingerprint density at radius 2 is 2.14 bits per heavy atom. The topological polar surface area (TPSA) is 61.8 Å². The normalized spacial score (nSPS) is 20.9. The van der Waals surface area contributed by atoms with Crippen LogP contribution in [0.3, 0.4) is 0 Å². The third-order valence-corrected chi connectivity index (χ3v) is 4.00. The van der Waals surface area contributed by atoms with E-state index in [4.69, 9.17) is 21.4 Å². The Balaban J connectivity index is 2.01. The molecule has 1 heterocycles. The molecule has 1 aliphatic rings. The molecular weight excluding hydrogens is 304 g/mol. The number of amides is 2. The maximum atomic E-state index is 12.3. The molecule has 122 valence electrons. The van der Waals surface area contributed by atoms with E-state index in [-0.39, 0.29) is 24.8 Å². The molecule has 0 aliphatic carbocycles. The third kappa shape index (κ3) is 4.35. The Morgan fingerprint density at radius 1 is 1.41 bits per heavy atom. The molecule has 0 aromatic heterocycles. The van der Waals surface area contributed by atoms with Crippen molar-refractivity contribution in [3.8, 4) is 0 Å². The van der Waals surface area contributed by atoms with Crippen LogP contribution < -0.4 is 5.32 Å². The second kappa shape index (κ2) is 8.36. The number of carbonyl (C=O) groups is 1. The number of benzene rings is 1. The number of hydrogen-bond donors (Lipinski definition) is 2. The molecule has 0 spiro atoms. The molecule has 1 aromatic carbocycles. The van der Waals surface area contributed by atoms with Crippen molar-refractivity contribution in [1.29, 1.82) is 0 Å². The van der Waals surface area contributed by atoms with E-state index in [2.05, 4.69) is 5.32 Å². The van der Waals surface area contributed by atoms with Gasteiger partial charge < -0.3 is 20.1 Å². The molecule has 0 saturated carbocycles. The molecule has 2 atom stereocenters. The van der Waals surface area contributed by atoms with E-state index in [0.717, 1.165) is 18.4 Å². The van der Waals surface area contributed by atoms with Crippen LogP contribution in [0.2, 0.25) is 5.02 Å². The fourth-order valence-corrected chi connectivity index (χ4v) is 2.80. The van der Waals surface area contributed by atoms with Gasteiger partial charge in [0.2, 0.25) is 0 Å². The van der Waals surface area contributed by atoms with Crippen molar-refractivity contribution in [2.75, 3.05) is 26.3 Å². The molecule has 1 aromatic rings. The molecule has 5 nitrogen and oxygen atoms in total. The van der Waals surface area contributed by atoms with Crippen molar-refractivity contribution < 1.29 is 14.6 Å². The summed E-state index contributed by atoms with van der Waals surface area (Å²) in [5.74, 6) is 0. The van der Waals surface area contributed by atoms with Gasteiger partial charge in [-0.1, -0.05) is 30.7 Å². The predicted octanol–water partition coefficient (Wildman–Crippen LogP) is 2.58. The standard InChI is InChI=1S/C16H23ClN2O3/c1-2-8-19(9-10-20)16(21)18-14-7-11-22-15(14)12-3-5-13(17)6-4-12/h3-6,14-15,20H,2,7-11H2,1H3,(H,18,21). The maximum absolute atomic E-state index is 12.3. The minimum atomic E-state index is -0.154. The van der Waals surface area contributed by atoms with Crippen LogP contribution in [0.25, 0.3) is 0 Å². The molecule has 6 heteroatoms. The predicted molar refractivity (Wildman–Crippen MR) is 86.0 cm³/mol. The smallest absolute Gasteiger partial charge is 0.317 e. The van der Waals surface area contributed by atoms with Gasteiger partial charge in [-0.3, -0.25) is 0 Å². The highest BCUT2D eigenvalue weighted by Gasteiger charge is 2.31. The van der Waals surface area contributed by atoms with Gasteiger partial charge in [-0.25, -0.2) is 4.79 Å². The molecule has 2 unspecified atom stereocenters. The SMILES string of the molecule is CCCN(CCO)C(=O)NC1CCOC1c1ccc(Cl)cc1. The van der Waals surface area contributed by atoms with Gasteiger partial charge in [0.25, 0.3) is 0 Å². The molecule has 0 radical (unpaired) electrons. The number of halogens is 1. The van der Waals surface area contributed by atoms with Crippen LogP contribution in [0, 0.1) is 0 Å². The van der Waals surface area contributed by atoms with Crippen LogP contribution >= 0.6 is 11.6 Å². The van der Waals surface area contributed by atoms with E-state index >= 15 is 0 Å². The number of urea groups is 1. The van der Waals surface area contributed by atoms with E-state index in [9.17, 15) is 4.79 Å². The molecule has 22 heavy (non-hydrogen) atoms. The Kier molecular flexibility index (Phi) is 6.49. The highest BCUT2D eigenvalue weighted by molar-refractivity contribution is 6.30. The fourth-order valence-electron chi connectivity index (χ4n) is 2.67. The zero-order valence-corrected chi connectivity index (χ0v) is 13.6. The molecule has 2 rings (SSSR count). The van der Waals surface area contributed by atoms with Gasteiger partial charge in [-0.2, -0.15) is 0 Å². The average molecular weight is 327 g/mol. The zero-order valence-electron chi connectivity index (χ0n) is 12.8. The molecule has 1 saturated heterocycles. The highest BCUT2D eigenvalue weighted by atomic mass is 35.5. The number of carbonyl (C=O) groups excluding carboxylic acids is 1. The van der Waals surface area contributed by atoms with Crippen molar-refractivity contribution in [3.63, 3.8) is 0 Å². The molecule has 0 bridgehead atoms. The Bertz CT molecular complexity index is 475. The first-order chi connectivity index (χ1) is 10.7. The summed E-state index contributed by atoms with van der Waals surface area (Å²) >= 11 is 5.91. The van der Waals surface area contributed by atoms with Gasteiger partial charge in [0.15, 0.2) is 0 Å². The van der Waals surface area contributed by atoms with Gasteiger partial charge in [-0.15, -0.1) is 0 Å². The summed E-state index contributed by atoms with van der Waals surface area (Å²) in [6.07, 6.45) is 1.48. The molecule has 2 amide bonds. The number of nitrogens with zero attached hydrogens (tertiary/aromatic N) is 1. The van der Waals surface area contributed by atoms with Gasteiger partial charge in [0.1, 0.15) is 6.10 Å². The Hall–Kier alpha value is -1.30. The second-order valence-electron chi connectivity index (χ2n) is 5.40. The number of nitrogens with one attached hydrogen (secondary N) is 1. The monoisotopic (exact) mass is 326 g/mol. The minimum Gasteiger partial charge on any atom is -0.395 e. The summed E-state index contributed by atoms with van der Waals surface area (Å²) in [7, 11) is 0. The van der Waals surface area contributed by atoms with Gasteiger partial charge in [-0.05, 0) is 30.5 Å². The zero-order chi connectivity index (χ0) is 15.9. The van der Waals surface area contributed by atoms with E-state index < -0.39 is 0 Å². The second-order valence-corrected chi connectivity index (χ2v) is 5.83. The van der Waals surface area contributed by atoms with Crippen LogP contribution in [0.15, 0.2) is 24.3 Å². The largest absolute Gasteiger partial charge is 0.395 e. The summed E-state index contributed by atoms with van der Waals surface area (Å²) in [5.41, 5.74) is 1.01. The van der Waals surface area contributed by atoms with Crippen molar-refractivity contribution in [3.05, 3.63) is 34.9 Å². The average Bonchev–Trinajstić information content (AvgIpc) is 2.96. The first-order valence-electron chi connectivity index (χ1n) is 7.69. The van der Waals surface area contributed by atoms with Crippen molar-refractivity contribution >= 4 is 17.6 Å². The molecule has 1 aliphatic heterocycles. The lowest BCUT2D eigenvalue weighted by molar-refractivity contribution is 0.0975. The number of aliphatic hydroxyl groups excluding tert-OH is 1. The molecular formula is C16H23ClN2O3. The first-order valence-corrected chi connectivity index (χ1v) is 8.07. The number of ether oxygens (including phenoxy) is 1. The highest BCUT2D eigenvalue weighted by Crippen LogP contribution is 2.30. The van der Waals surface area contributed by atoms with Crippen molar-refractivity contribution in [2.24, 2.45) is 0 Å². The maximum Gasteiger partial charge on any atom is 0.317 e. The van der Waals surface area contributed by atoms with E-state index in [1.54, 1.807) is 4.90 Å².